The van der Waals surface area contributed by atoms with Gasteiger partial charge in [-0.05, 0) is 74.8 Å². The lowest BCUT2D eigenvalue weighted by Crippen LogP contribution is -2.32. The molecule has 0 spiro atoms. The molecule has 1 aromatic heterocycles. The maximum Gasteiger partial charge on any atom is 0.345 e. The molecule has 1 aliphatic rings. The molecule has 1 aliphatic heterocycles. The van der Waals surface area contributed by atoms with Gasteiger partial charge >= 0.3 is 5.97 Å². The van der Waals surface area contributed by atoms with Crippen molar-refractivity contribution < 1.29 is 19.8 Å². The van der Waals surface area contributed by atoms with Crippen molar-refractivity contribution in [3.63, 3.8) is 0 Å². The minimum absolute atomic E-state index is 0.200. The third-order valence-electron chi connectivity index (χ3n) is 6.00. The summed E-state index contributed by atoms with van der Waals surface area (Å²) in [5.41, 5.74) is 2.30. The summed E-state index contributed by atoms with van der Waals surface area (Å²) in [7, 11) is 0. The first kappa shape index (κ1) is 23.5. The van der Waals surface area contributed by atoms with Crippen LogP contribution in [-0.2, 0) is 17.6 Å². The van der Waals surface area contributed by atoms with Crippen LogP contribution in [0.2, 0.25) is 0 Å². The minimum Gasteiger partial charge on any atom is -0.477 e. The highest BCUT2D eigenvalue weighted by Crippen LogP contribution is 2.30. The maximum absolute atomic E-state index is 12.5. The summed E-state index contributed by atoms with van der Waals surface area (Å²) in [6, 6.07) is 12.2. The number of thiophene rings is 1. The SMILES string of the molecule is O=C(O)c1ccc(CCC[C@@H]2CCC(=O)N2c2ccc(CCCCCCCO)cc2)s1. The molecule has 1 amide bonds. The molecule has 2 aromatic rings. The molecule has 168 valence electrons. The summed E-state index contributed by atoms with van der Waals surface area (Å²) in [6.07, 6.45) is 10.8. The Kier molecular flexibility index (Phi) is 9.10. The highest BCUT2D eigenvalue weighted by molar-refractivity contribution is 7.13. The van der Waals surface area contributed by atoms with Crippen LogP contribution in [0, 0.1) is 0 Å². The number of unbranched alkanes of at least 4 members (excludes halogenated alkanes) is 4. The van der Waals surface area contributed by atoms with Crippen LogP contribution >= 0.6 is 11.3 Å². The molecule has 1 saturated heterocycles. The van der Waals surface area contributed by atoms with Gasteiger partial charge in [-0.25, -0.2) is 4.79 Å². The van der Waals surface area contributed by atoms with Crippen molar-refractivity contribution in [1.29, 1.82) is 0 Å². The zero-order chi connectivity index (χ0) is 22.1. The average molecular weight is 444 g/mol. The van der Waals surface area contributed by atoms with E-state index in [2.05, 4.69) is 24.3 Å². The Labute approximate surface area is 188 Å². The molecular weight excluding hydrogens is 410 g/mol. The number of aliphatic hydroxyl groups is 1. The number of amides is 1. The fourth-order valence-electron chi connectivity index (χ4n) is 4.31. The molecule has 1 atom stereocenters. The van der Waals surface area contributed by atoms with Crippen molar-refractivity contribution >= 4 is 28.9 Å². The van der Waals surface area contributed by atoms with E-state index < -0.39 is 5.97 Å². The summed E-state index contributed by atoms with van der Waals surface area (Å²) in [4.78, 5) is 27.0. The summed E-state index contributed by atoms with van der Waals surface area (Å²) >= 11 is 1.34. The van der Waals surface area contributed by atoms with Gasteiger partial charge in [-0.1, -0.05) is 31.4 Å². The monoisotopic (exact) mass is 443 g/mol. The predicted molar refractivity (Wildman–Crippen MR) is 125 cm³/mol. The standard InChI is InChI=1S/C25H33NO4S/c27-18-5-3-1-2-4-7-19-10-12-21(13-11-19)26-20(14-17-24(26)28)8-6-9-22-15-16-23(31-22)25(29)30/h10-13,15-16,20,27H,1-9,14,17-18H2,(H,29,30)/t20-/m1/s1. The largest absolute Gasteiger partial charge is 0.477 e. The van der Waals surface area contributed by atoms with Crippen molar-refractivity contribution in [1.82, 2.24) is 0 Å². The first-order valence-electron chi connectivity index (χ1n) is 11.4. The Morgan fingerprint density at radius 1 is 0.968 bits per heavy atom. The van der Waals surface area contributed by atoms with Crippen molar-refractivity contribution in [3.05, 3.63) is 51.7 Å². The van der Waals surface area contributed by atoms with Crippen molar-refractivity contribution in [3.8, 4) is 0 Å². The zero-order valence-electron chi connectivity index (χ0n) is 18.1. The van der Waals surface area contributed by atoms with Crippen molar-refractivity contribution in [2.24, 2.45) is 0 Å². The van der Waals surface area contributed by atoms with Crippen LogP contribution in [0.5, 0.6) is 0 Å². The lowest BCUT2D eigenvalue weighted by molar-refractivity contribution is -0.117. The molecule has 2 heterocycles. The highest BCUT2D eigenvalue weighted by Gasteiger charge is 2.31. The number of nitrogens with zero attached hydrogens (tertiary/aromatic N) is 1. The van der Waals surface area contributed by atoms with Crippen LogP contribution in [0.15, 0.2) is 36.4 Å². The summed E-state index contributed by atoms with van der Waals surface area (Å²) in [5.74, 6) is -0.667. The number of carboxylic acids is 1. The van der Waals surface area contributed by atoms with E-state index in [1.54, 1.807) is 6.07 Å². The quantitative estimate of drug-likeness (QED) is 0.404. The number of hydrogen-bond donors (Lipinski definition) is 2. The topological polar surface area (TPSA) is 77.8 Å². The molecule has 2 N–H and O–H groups in total. The Morgan fingerprint density at radius 3 is 2.42 bits per heavy atom. The number of anilines is 1. The molecule has 0 unspecified atom stereocenters. The second kappa shape index (κ2) is 12.0. The number of rotatable bonds is 13. The highest BCUT2D eigenvalue weighted by atomic mass is 32.1. The van der Waals surface area contributed by atoms with Crippen LogP contribution in [0.3, 0.4) is 0 Å². The van der Waals surface area contributed by atoms with Gasteiger partial charge in [0.25, 0.3) is 0 Å². The molecule has 1 fully saturated rings. The number of hydrogen-bond acceptors (Lipinski definition) is 4. The predicted octanol–water partition coefficient (Wildman–Crippen LogP) is 5.45. The average Bonchev–Trinajstić information content (AvgIpc) is 3.38. The third-order valence-corrected chi connectivity index (χ3v) is 7.13. The number of aryl methyl sites for hydroxylation is 2. The Morgan fingerprint density at radius 2 is 1.71 bits per heavy atom. The molecule has 31 heavy (non-hydrogen) atoms. The normalized spacial score (nSPS) is 16.2. The number of aromatic carboxylic acids is 1. The lowest BCUT2D eigenvalue weighted by atomic mass is 10.0. The molecule has 0 radical (unpaired) electrons. The smallest absolute Gasteiger partial charge is 0.345 e. The Balaban J connectivity index is 1.47. The molecule has 1 aromatic carbocycles. The number of aliphatic hydroxyl groups excluding tert-OH is 1. The molecule has 6 heteroatoms. The minimum atomic E-state index is -0.867. The van der Waals surface area contributed by atoms with Crippen LogP contribution < -0.4 is 4.90 Å². The molecule has 5 nitrogen and oxygen atoms in total. The summed E-state index contributed by atoms with van der Waals surface area (Å²) in [5, 5.41) is 17.9. The molecule has 0 aliphatic carbocycles. The van der Waals surface area contributed by atoms with Crippen LogP contribution in [0.25, 0.3) is 0 Å². The Hall–Kier alpha value is -2.18. The molecule has 3 rings (SSSR count). The number of benzene rings is 1. The molecule has 0 saturated carbocycles. The second-order valence-corrected chi connectivity index (χ2v) is 9.50. The van der Waals surface area contributed by atoms with E-state index in [0.29, 0.717) is 11.3 Å². The van der Waals surface area contributed by atoms with Crippen LogP contribution in [0.1, 0.15) is 77.9 Å². The zero-order valence-corrected chi connectivity index (χ0v) is 18.9. The maximum atomic E-state index is 12.5. The van der Waals surface area contributed by atoms with Gasteiger partial charge in [0, 0.05) is 29.6 Å². The van der Waals surface area contributed by atoms with Gasteiger partial charge in [-0.3, -0.25) is 4.79 Å². The van der Waals surface area contributed by atoms with Crippen molar-refractivity contribution in [2.45, 2.75) is 76.7 Å². The number of carboxylic acid groups (broad SMARTS) is 1. The van der Waals surface area contributed by atoms with Gasteiger partial charge in [-0.15, -0.1) is 11.3 Å². The first-order chi connectivity index (χ1) is 15.1. The second-order valence-electron chi connectivity index (χ2n) is 8.33. The third kappa shape index (κ3) is 6.91. The van der Waals surface area contributed by atoms with Gasteiger partial charge in [0.05, 0.1) is 0 Å². The lowest BCUT2D eigenvalue weighted by Gasteiger charge is -2.25. The fraction of sp³-hybridized carbons (Fsp3) is 0.520. The van der Waals surface area contributed by atoms with E-state index in [0.717, 1.165) is 61.9 Å². The van der Waals surface area contributed by atoms with Gasteiger partial charge in [0.2, 0.25) is 5.91 Å². The first-order valence-corrected chi connectivity index (χ1v) is 12.2. The van der Waals surface area contributed by atoms with E-state index in [1.807, 2.05) is 11.0 Å². The van der Waals surface area contributed by atoms with Gasteiger partial charge in [-0.2, -0.15) is 0 Å². The van der Waals surface area contributed by atoms with Gasteiger partial charge < -0.3 is 15.1 Å². The van der Waals surface area contributed by atoms with E-state index in [1.165, 1.54) is 29.7 Å². The van der Waals surface area contributed by atoms with Gasteiger partial charge in [0.1, 0.15) is 4.88 Å². The van der Waals surface area contributed by atoms with E-state index in [4.69, 9.17) is 10.2 Å². The van der Waals surface area contributed by atoms with Crippen LogP contribution in [0.4, 0.5) is 5.69 Å². The van der Waals surface area contributed by atoms with E-state index in [9.17, 15) is 9.59 Å². The van der Waals surface area contributed by atoms with Gasteiger partial charge in [0.15, 0.2) is 0 Å². The fourth-order valence-corrected chi connectivity index (χ4v) is 5.19. The number of carbonyl (C=O) groups is 2. The summed E-state index contributed by atoms with van der Waals surface area (Å²) < 4.78 is 0. The number of carbonyl (C=O) groups excluding carboxylic acids is 1. The Bertz CT molecular complexity index is 845. The van der Waals surface area contributed by atoms with E-state index in [-0.39, 0.29) is 18.6 Å². The molecular formula is C25H33NO4S. The van der Waals surface area contributed by atoms with E-state index >= 15 is 0 Å². The van der Waals surface area contributed by atoms with Crippen molar-refractivity contribution in [2.75, 3.05) is 11.5 Å². The molecule has 0 bridgehead atoms. The summed E-state index contributed by atoms with van der Waals surface area (Å²) in [6.45, 7) is 0.289. The van der Waals surface area contributed by atoms with Crippen LogP contribution in [-0.4, -0.2) is 34.7 Å².